The Morgan fingerprint density at radius 1 is 1.16 bits per heavy atom. The molecule has 2 aromatic carbocycles. The smallest absolute Gasteiger partial charge is 0.345 e. The third kappa shape index (κ3) is 3.52. The van der Waals surface area contributed by atoms with Crippen molar-refractivity contribution in [1.29, 1.82) is 0 Å². The van der Waals surface area contributed by atoms with Crippen LogP contribution in [-0.4, -0.2) is 18.2 Å². The van der Waals surface area contributed by atoms with E-state index in [4.69, 9.17) is 9.26 Å². The number of hydrogen-bond donors (Lipinski definition) is 1. The Hall–Kier alpha value is -3.15. The first-order valence-corrected chi connectivity index (χ1v) is 7.82. The number of ether oxygens (including phenoxy) is 1. The number of rotatable bonds is 5. The summed E-state index contributed by atoms with van der Waals surface area (Å²) in [4.78, 5) is 12.2. The fourth-order valence-corrected chi connectivity index (χ4v) is 2.43. The highest BCUT2D eigenvalue weighted by molar-refractivity contribution is 6.01. The van der Waals surface area contributed by atoms with E-state index < -0.39 is 5.97 Å². The molecule has 0 radical (unpaired) electrons. The fourth-order valence-electron chi connectivity index (χ4n) is 2.43. The zero-order chi connectivity index (χ0) is 17.8. The molecular formula is C19H17FN2O3. The van der Waals surface area contributed by atoms with Crippen molar-refractivity contribution in [3.8, 4) is 11.3 Å². The van der Waals surface area contributed by atoms with Crippen LogP contribution in [0.4, 0.5) is 16.0 Å². The van der Waals surface area contributed by atoms with E-state index in [0.717, 1.165) is 12.1 Å². The highest BCUT2D eigenvalue weighted by Crippen LogP contribution is 2.31. The molecule has 1 aromatic heterocycles. The number of hydrogen-bond acceptors (Lipinski definition) is 5. The van der Waals surface area contributed by atoms with E-state index in [9.17, 15) is 9.18 Å². The predicted molar refractivity (Wildman–Crippen MR) is 92.3 cm³/mol. The minimum atomic E-state index is -0.590. The van der Waals surface area contributed by atoms with Gasteiger partial charge < -0.3 is 14.6 Å². The fraction of sp³-hybridized carbons (Fsp3) is 0.158. The van der Waals surface area contributed by atoms with Gasteiger partial charge in [-0.1, -0.05) is 24.2 Å². The Bertz CT molecular complexity index is 871. The number of benzene rings is 2. The van der Waals surface area contributed by atoms with E-state index in [2.05, 4.69) is 17.4 Å². The van der Waals surface area contributed by atoms with E-state index in [-0.39, 0.29) is 17.3 Å². The molecule has 0 unspecified atom stereocenters. The van der Waals surface area contributed by atoms with Crippen LogP contribution in [0.5, 0.6) is 0 Å². The molecule has 0 fully saturated rings. The molecule has 5 nitrogen and oxygen atoms in total. The number of esters is 1. The molecule has 1 heterocycles. The van der Waals surface area contributed by atoms with Crippen molar-refractivity contribution >= 4 is 17.5 Å². The molecule has 25 heavy (non-hydrogen) atoms. The zero-order valence-corrected chi connectivity index (χ0v) is 13.9. The number of aromatic nitrogens is 1. The second kappa shape index (κ2) is 7.17. The summed E-state index contributed by atoms with van der Waals surface area (Å²) in [6.07, 6.45) is 0.935. The Kier molecular flexibility index (Phi) is 4.79. The summed E-state index contributed by atoms with van der Waals surface area (Å²) in [5.41, 5.74) is 2.96. The summed E-state index contributed by atoms with van der Waals surface area (Å²) < 4.78 is 23.3. The normalized spacial score (nSPS) is 10.5. The summed E-state index contributed by atoms with van der Waals surface area (Å²) in [5.74, 6) is -0.787. The van der Waals surface area contributed by atoms with Gasteiger partial charge in [-0.15, -0.1) is 0 Å². The van der Waals surface area contributed by atoms with Crippen LogP contribution < -0.4 is 5.32 Å². The van der Waals surface area contributed by atoms with Crippen LogP contribution in [0, 0.1) is 5.82 Å². The largest absolute Gasteiger partial charge is 0.465 e. The molecule has 0 aliphatic heterocycles. The molecular weight excluding hydrogens is 323 g/mol. The molecule has 0 saturated carbocycles. The third-order valence-electron chi connectivity index (χ3n) is 3.82. The van der Waals surface area contributed by atoms with Crippen LogP contribution in [0.1, 0.15) is 22.8 Å². The van der Waals surface area contributed by atoms with E-state index in [0.29, 0.717) is 11.3 Å². The number of carbonyl (C=O) groups is 1. The van der Waals surface area contributed by atoms with Gasteiger partial charge in [0.2, 0.25) is 5.88 Å². The number of halogens is 1. The summed E-state index contributed by atoms with van der Waals surface area (Å²) in [6, 6.07) is 13.4. The van der Waals surface area contributed by atoms with E-state index in [1.165, 1.54) is 36.9 Å². The van der Waals surface area contributed by atoms with E-state index in [1.807, 2.05) is 24.3 Å². The van der Waals surface area contributed by atoms with Gasteiger partial charge in [0, 0.05) is 11.3 Å². The second-order valence-electron chi connectivity index (χ2n) is 5.41. The standard InChI is InChI=1S/C19H17FN2O3/c1-3-12-4-10-15(11-5-12)21-18-16(19(23)24-2)17(22-25-18)13-6-8-14(20)9-7-13/h4-11,21H,3H2,1-2H3. The van der Waals surface area contributed by atoms with Gasteiger partial charge >= 0.3 is 5.97 Å². The molecule has 0 aliphatic rings. The number of aryl methyl sites for hydroxylation is 1. The van der Waals surface area contributed by atoms with Crippen molar-refractivity contribution in [2.45, 2.75) is 13.3 Å². The van der Waals surface area contributed by atoms with Crippen LogP contribution in [0.15, 0.2) is 53.1 Å². The van der Waals surface area contributed by atoms with E-state index in [1.54, 1.807) is 0 Å². The van der Waals surface area contributed by atoms with E-state index >= 15 is 0 Å². The zero-order valence-electron chi connectivity index (χ0n) is 13.9. The monoisotopic (exact) mass is 340 g/mol. The Balaban J connectivity index is 1.98. The molecule has 0 spiro atoms. The summed E-state index contributed by atoms with van der Waals surface area (Å²) in [5, 5.41) is 6.99. The minimum Gasteiger partial charge on any atom is -0.465 e. The van der Waals surface area contributed by atoms with Crippen molar-refractivity contribution in [1.82, 2.24) is 5.16 Å². The first-order valence-electron chi connectivity index (χ1n) is 7.82. The lowest BCUT2D eigenvalue weighted by Gasteiger charge is -2.06. The molecule has 0 atom stereocenters. The average Bonchev–Trinajstić information content (AvgIpc) is 3.06. The molecule has 0 bridgehead atoms. The van der Waals surface area contributed by atoms with Gasteiger partial charge in [0.25, 0.3) is 0 Å². The van der Waals surface area contributed by atoms with Gasteiger partial charge in [-0.3, -0.25) is 0 Å². The second-order valence-corrected chi connectivity index (χ2v) is 5.41. The highest BCUT2D eigenvalue weighted by atomic mass is 19.1. The number of nitrogens with one attached hydrogen (secondary N) is 1. The summed E-state index contributed by atoms with van der Waals surface area (Å²) >= 11 is 0. The van der Waals surface area contributed by atoms with Crippen LogP contribution in [0.25, 0.3) is 11.3 Å². The number of anilines is 2. The first kappa shape index (κ1) is 16.7. The van der Waals surface area contributed by atoms with Crippen molar-refractivity contribution in [3.05, 3.63) is 65.5 Å². The molecule has 0 amide bonds. The number of methoxy groups -OCH3 is 1. The predicted octanol–water partition coefficient (Wildman–Crippen LogP) is 4.57. The maximum absolute atomic E-state index is 13.1. The Morgan fingerprint density at radius 3 is 2.44 bits per heavy atom. The molecule has 128 valence electrons. The van der Waals surface area contributed by atoms with Gasteiger partial charge in [0.15, 0.2) is 5.56 Å². The van der Waals surface area contributed by atoms with Crippen molar-refractivity contribution in [3.63, 3.8) is 0 Å². The van der Waals surface area contributed by atoms with Gasteiger partial charge in [-0.25, -0.2) is 9.18 Å². The van der Waals surface area contributed by atoms with Crippen molar-refractivity contribution in [2.75, 3.05) is 12.4 Å². The summed E-state index contributed by atoms with van der Waals surface area (Å²) in [7, 11) is 1.28. The lowest BCUT2D eigenvalue weighted by atomic mass is 10.1. The van der Waals surface area contributed by atoms with Crippen LogP contribution in [0.3, 0.4) is 0 Å². The summed E-state index contributed by atoms with van der Waals surface area (Å²) in [6.45, 7) is 2.07. The van der Waals surface area contributed by atoms with Crippen LogP contribution in [-0.2, 0) is 11.2 Å². The molecule has 1 N–H and O–H groups in total. The molecule has 3 rings (SSSR count). The molecule has 6 heteroatoms. The first-order chi connectivity index (χ1) is 12.1. The van der Waals surface area contributed by atoms with Gasteiger partial charge in [-0.05, 0) is 48.4 Å². The quantitative estimate of drug-likeness (QED) is 0.689. The lowest BCUT2D eigenvalue weighted by Crippen LogP contribution is -2.05. The van der Waals surface area contributed by atoms with Gasteiger partial charge in [0.05, 0.1) is 7.11 Å². The van der Waals surface area contributed by atoms with Crippen LogP contribution in [0.2, 0.25) is 0 Å². The Morgan fingerprint density at radius 2 is 1.84 bits per heavy atom. The minimum absolute atomic E-state index is 0.161. The van der Waals surface area contributed by atoms with Gasteiger partial charge in [-0.2, -0.15) is 0 Å². The number of carbonyl (C=O) groups excluding carboxylic acids is 1. The van der Waals surface area contributed by atoms with Crippen LogP contribution >= 0.6 is 0 Å². The molecule has 3 aromatic rings. The SMILES string of the molecule is CCc1ccc(Nc2onc(-c3ccc(F)cc3)c2C(=O)OC)cc1. The van der Waals surface area contributed by atoms with Crippen molar-refractivity contribution < 1.29 is 18.4 Å². The van der Waals surface area contributed by atoms with Crippen molar-refractivity contribution in [2.24, 2.45) is 0 Å². The maximum Gasteiger partial charge on any atom is 0.345 e. The molecule has 0 saturated heterocycles. The number of nitrogens with zero attached hydrogens (tertiary/aromatic N) is 1. The highest BCUT2D eigenvalue weighted by Gasteiger charge is 2.25. The average molecular weight is 340 g/mol. The van der Waals surface area contributed by atoms with Gasteiger partial charge in [0.1, 0.15) is 11.5 Å². The lowest BCUT2D eigenvalue weighted by molar-refractivity contribution is 0.0602. The topological polar surface area (TPSA) is 64.4 Å². The third-order valence-corrected chi connectivity index (χ3v) is 3.82. The Labute approximate surface area is 144 Å². The molecule has 0 aliphatic carbocycles. The maximum atomic E-state index is 13.1.